The molecule has 0 saturated heterocycles. The molecule has 0 bridgehead atoms. The summed E-state index contributed by atoms with van der Waals surface area (Å²) in [7, 11) is 0. The monoisotopic (exact) mass is 674 g/mol. The largest absolute Gasteiger partial charge is 0.309 e. The Morgan fingerprint density at radius 3 is 1.25 bits per heavy atom. The fourth-order valence-corrected chi connectivity index (χ4v) is 8.56. The van der Waals surface area contributed by atoms with Crippen molar-refractivity contribution in [3.63, 3.8) is 0 Å². The molecule has 8 aromatic carbocycles. The fourth-order valence-electron chi connectivity index (χ4n) is 8.56. The Morgan fingerprint density at radius 2 is 0.736 bits per heavy atom. The summed E-state index contributed by atoms with van der Waals surface area (Å²) < 4.78 is 6.93. The maximum Gasteiger partial charge on any atom is 0.101 e. The molecule has 11 rings (SSSR count). The third-order valence-corrected chi connectivity index (χ3v) is 10.9. The van der Waals surface area contributed by atoms with Crippen LogP contribution in [0.2, 0.25) is 0 Å². The normalized spacial score (nSPS) is 11.8. The van der Waals surface area contributed by atoms with E-state index < -0.39 is 0 Å². The van der Waals surface area contributed by atoms with Crippen LogP contribution < -0.4 is 0 Å². The van der Waals surface area contributed by atoms with Crippen LogP contribution in [0.25, 0.3) is 93.6 Å². The molecule has 0 fully saturated rings. The SMILES string of the molecule is N#Cc1ccc(-n2c3ccccc3c3cc(-c4ccc5c(c4)c4ccccc4n5-c4ccccc4)ccc32)cc1-n1c2ccccc2c2ccccc21. The van der Waals surface area contributed by atoms with Gasteiger partial charge in [0.05, 0.1) is 44.4 Å². The molecule has 0 N–H and O–H groups in total. The third kappa shape index (κ3) is 4.29. The summed E-state index contributed by atoms with van der Waals surface area (Å²) >= 11 is 0. The van der Waals surface area contributed by atoms with Crippen molar-refractivity contribution in [3.8, 4) is 34.3 Å². The first kappa shape index (κ1) is 29.4. The Balaban J connectivity index is 1.11. The van der Waals surface area contributed by atoms with Gasteiger partial charge in [0.25, 0.3) is 0 Å². The van der Waals surface area contributed by atoms with Gasteiger partial charge in [-0.05, 0) is 90.0 Å². The number of rotatable bonds is 4. The Bertz CT molecular complexity index is 3240. The lowest BCUT2D eigenvalue weighted by molar-refractivity contribution is 1.13. The quantitative estimate of drug-likeness (QED) is 0.183. The van der Waals surface area contributed by atoms with Gasteiger partial charge >= 0.3 is 0 Å². The van der Waals surface area contributed by atoms with Gasteiger partial charge in [-0.3, -0.25) is 0 Å². The van der Waals surface area contributed by atoms with Crippen molar-refractivity contribution in [2.45, 2.75) is 0 Å². The van der Waals surface area contributed by atoms with Crippen LogP contribution in [0.15, 0.2) is 182 Å². The fraction of sp³-hybridized carbons (Fsp3) is 0. The molecule has 4 nitrogen and oxygen atoms in total. The van der Waals surface area contributed by atoms with Crippen molar-refractivity contribution in [1.82, 2.24) is 13.7 Å². The first-order chi connectivity index (χ1) is 26.3. The Kier molecular flexibility index (Phi) is 6.28. The number of aromatic nitrogens is 3. The molecular formula is C49H30N4. The minimum absolute atomic E-state index is 0.632. The average Bonchev–Trinajstić information content (AvgIpc) is 3.86. The van der Waals surface area contributed by atoms with Gasteiger partial charge in [-0.2, -0.15) is 5.26 Å². The zero-order chi connectivity index (χ0) is 35.0. The van der Waals surface area contributed by atoms with Gasteiger partial charge in [0.1, 0.15) is 6.07 Å². The van der Waals surface area contributed by atoms with Crippen LogP contribution in [0.5, 0.6) is 0 Å². The van der Waals surface area contributed by atoms with Gasteiger partial charge < -0.3 is 13.7 Å². The highest BCUT2D eigenvalue weighted by atomic mass is 15.0. The summed E-state index contributed by atoms with van der Waals surface area (Å²) in [6.07, 6.45) is 0. The van der Waals surface area contributed by atoms with E-state index in [1.54, 1.807) is 0 Å². The molecule has 3 heterocycles. The Hall–Kier alpha value is -7.35. The number of fused-ring (bicyclic) bond motifs is 9. The second-order valence-electron chi connectivity index (χ2n) is 13.7. The van der Waals surface area contributed by atoms with E-state index in [0.717, 1.165) is 39.1 Å². The molecule has 0 spiro atoms. The molecule has 246 valence electrons. The highest BCUT2D eigenvalue weighted by molar-refractivity contribution is 6.13. The van der Waals surface area contributed by atoms with Crippen LogP contribution in [0.4, 0.5) is 0 Å². The summed E-state index contributed by atoms with van der Waals surface area (Å²) in [4.78, 5) is 0. The molecular weight excluding hydrogens is 645 g/mol. The topological polar surface area (TPSA) is 38.6 Å². The highest BCUT2D eigenvalue weighted by Crippen LogP contribution is 2.39. The predicted octanol–water partition coefficient (Wildman–Crippen LogP) is 12.5. The lowest BCUT2D eigenvalue weighted by Crippen LogP contribution is -2.01. The molecule has 4 heteroatoms. The highest BCUT2D eigenvalue weighted by Gasteiger charge is 2.19. The molecule has 0 aliphatic rings. The molecule has 0 saturated carbocycles. The Morgan fingerprint density at radius 1 is 0.321 bits per heavy atom. The first-order valence-electron chi connectivity index (χ1n) is 17.9. The minimum Gasteiger partial charge on any atom is -0.309 e. The zero-order valence-electron chi connectivity index (χ0n) is 28.6. The molecule has 0 radical (unpaired) electrons. The number of benzene rings is 8. The predicted molar refractivity (Wildman–Crippen MR) is 220 cm³/mol. The molecule has 53 heavy (non-hydrogen) atoms. The van der Waals surface area contributed by atoms with Crippen molar-refractivity contribution in [1.29, 1.82) is 5.26 Å². The molecule has 0 aliphatic heterocycles. The molecule has 0 unspecified atom stereocenters. The van der Waals surface area contributed by atoms with Gasteiger partial charge in [-0.25, -0.2) is 0 Å². The van der Waals surface area contributed by atoms with Gasteiger partial charge in [0.15, 0.2) is 0 Å². The summed E-state index contributed by atoms with van der Waals surface area (Å²) in [5.41, 5.74) is 12.8. The summed E-state index contributed by atoms with van der Waals surface area (Å²) in [6.45, 7) is 0. The third-order valence-electron chi connectivity index (χ3n) is 10.9. The van der Waals surface area contributed by atoms with Crippen molar-refractivity contribution in [3.05, 3.63) is 188 Å². The number of hydrogen-bond donors (Lipinski definition) is 0. The van der Waals surface area contributed by atoms with Crippen LogP contribution >= 0.6 is 0 Å². The van der Waals surface area contributed by atoms with Gasteiger partial charge in [0, 0.05) is 43.7 Å². The van der Waals surface area contributed by atoms with Crippen LogP contribution in [0, 0.1) is 11.3 Å². The summed E-state index contributed by atoms with van der Waals surface area (Å²) in [5, 5.41) is 17.6. The van der Waals surface area contributed by atoms with Crippen LogP contribution in [0.3, 0.4) is 0 Å². The zero-order valence-corrected chi connectivity index (χ0v) is 28.6. The second-order valence-corrected chi connectivity index (χ2v) is 13.7. The second kappa shape index (κ2) is 11.3. The van der Waals surface area contributed by atoms with Crippen molar-refractivity contribution in [2.75, 3.05) is 0 Å². The van der Waals surface area contributed by atoms with E-state index >= 15 is 0 Å². The van der Waals surface area contributed by atoms with Crippen LogP contribution in [-0.2, 0) is 0 Å². The maximum absolute atomic E-state index is 10.4. The average molecular weight is 675 g/mol. The summed E-state index contributed by atoms with van der Waals surface area (Å²) in [6, 6.07) is 67.2. The van der Waals surface area contributed by atoms with E-state index in [-0.39, 0.29) is 0 Å². The Labute approximate surface area is 305 Å². The number of para-hydroxylation sites is 5. The summed E-state index contributed by atoms with van der Waals surface area (Å²) in [5.74, 6) is 0. The number of nitrogens with zero attached hydrogens (tertiary/aromatic N) is 4. The van der Waals surface area contributed by atoms with Crippen LogP contribution in [0.1, 0.15) is 5.56 Å². The van der Waals surface area contributed by atoms with E-state index in [1.165, 1.54) is 54.5 Å². The van der Waals surface area contributed by atoms with E-state index in [1.807, 2.05) is 6.07 Å². The van der Waals surface area contributed by atoms with E-state index in [2.05, 4.69) is 196 Å². The minimum atomic E-state index is 0.632. The lowest BCUT2D eigenvalue weighted by Gasteiger charge is -2.14. The van der Waals surface area contributed by atoms with Crippen molar-refractivity contribution >= 4 is 65.4 Å². The maximum atomic E-state index is 10.4. The number of nitriles is 1. The van der Waals surface area contributed by atoms with E-state index in [0.29, 0.717) is 5.56 Å². The standard InChI is InChI=1S/C49H30N4/c50-31-34-22-25-36(30-49(34)53-45-20-10-4-14-37(45)38-15-5-11-21-46(38)53)52-44-19-9-7-17-40(44)42-29-33(24-27-48(42)52)32-23-26-47-41(28-32)39-16-6-8-18-43(39)51(47)35-12-2-1-3-13-35/h1-30H. The molecule has 3 aromatic heterocycles. The van der Waals surface area contributed by atoms with E-state index in [4.69, 9.17) is 0 Å². The molecule has 0 aliphatic carbocycles. The van der Waals surface area contributed by atoms with Gasteiger partial charge in [-0.15, -0.1) is 0 Å². The molecule has 0 atom stereocenters. The van der Waals surface area contributed by atoms with Crippen LogP contribution in [-0.4, -0.2) is 13.7 Å². The lowest BCUT2D eigenvalue weighted by atomic mass is 10.0. The molecule has 11 aromatic rings. The van der Waals surface area contributed by atoms with Gasteiger partial charge in [-0.1, -0.05) is 103 Å². The van der Waals surface area contributed by atoms with Crippen molar-refractivity contribution in [2.24, 2.45) is 0 Å². The van der Waals surface area contributed by atoms with Gasteiger partial charge in [0.2, 0.25) is 0 Å². The molecule has 0 amide bonds. The van der Waals surface area contributed by atoms with E-state index in [9.17, 15) is 5.26 Å². The number of hydrogen-bond acceptors (Lipinski definition) is 1. The van der Waals surface area contributed by atoms with Crippen molar-refractivity contribution < 1.29 is 0 Å². The first-order valence-corrected chi connectivity index (χ1v) is 17.9. The smallest absolute Gasteiger partial charge is 0.101 e.